The van der Waals surface area contributed by atoms with Gasteiger partial charge in [-0.3, -0.25) is 9.48 Å². The monoisotopic (exact) mass is 488 g/mol. The van der Waals surface area contributed by atoms with Gasteiger partial charge in [-0.15, -0.1) is 0 Å². The molecule has 0 saturated carbocycles. The van der Waals surface area contributed by atoms with Crippen molar-refractivity contribution in [1.82, 2.24) is 34.8 Å². The fourth-order valence-electron chi connectivity index (χ4n) is 4.11. The third-order valence-electron chi connectivity index (χ3n) is 6.46. The average molecular weight is 489 g/mol. The summed E-state index contributed by atoms with van der Waals surface area (Å²) >= 11 is 0. The standard InChI is InChI=1S/C26H32N8O2/c1-6-7-12-26(3,20-10-8-18(9-11-20)21-14-28-25(27)30-17(21)2)24-31-23(36-32-24)19-13-29-34(15-19)16-22(35)33(4)5/h8-11,13-15H,6-7,12,16H2,1-5H3,(H2,27,28,30)/t26-/m1/s1. The van der Waals surface area contributed by atoms with Gasteiger partial charge in [0.1, 0.15) is 6.54 Å². The number of unbranched alkanes of at least 4 members (excludes halogenated alkanes) is 1. The van der Waals surface area contributed by atoms with Gasteiger partial charge in [0.15, 0.2) is 5.82 Å². The Morgan fingerprint density at radius 1 is 1.14 bits per heavy atom. The zero-order valence-electron chi connectivity index (χ0n) is 21.4. The van der Waals surface area contributed by atoms with Crippen LogP contribution in [0.3, 0.4) is 0 Å². The molecule has 0 aliphatic carbocycles. The third kappa shape index (κ3) is 5.12. The SMILES string of the molecule is CCCC[C@](C)(c1ccc(-c2cnc(N)nc2C)cc1)c1noc(-c2cnn(CC(=O)N(C)C)c2)n1. The van der Waals surface area contributed by atoms with Crippen molar-refractivity contribution in [3.63, 3.8) is 0 Å². The highest BCUT2D eigenvalue weighted by Gasteiger charge is 2.34. The lowest BCUT2D eigenvalue weighted by atomic mass is 9.77. The van der Waals surface area contributed by atoms with Crippen LogP contribution < -0.4 is 5.73 Å². The molecule has 0 spiro atoms. The van der Waals surface area contributed by atoms with Crippen molar-refractivity contribution in [3.05, 3.63) is 59.9 Å². The van der Waals surface area contributed by atoms with Crippen LogP contribution in [0.1, 0.15) is 50.2 Å². The summed E-state index contributed by atoms with van der Waals surface area (Å²) in [6.07, 6.45) is 8.05. The summed E-state index contributed by atoms with van der Waals surface area (Å²) in [6, 6.07) is 8.33. The van der Waals surface area contributed by atoms with E-state index in [1.807, 2.05) is 6.92 Å². The molecule has 0 aliphatic heterocycles. The summed E-state index contributed by atoms with van der Waals surface area (Å²) < 4.78 is 7.21. The molecule has 4 rings (SSSR count). The number of nitrogens with two attached hydrogens (primary N) is 1. The van der Waals surface area contributed by atoms with Gasteiger partial charge in [0.2, 0.25) is 11.9 Å². The maximum absolute atomic E-state index is 12.0. The number of benzene rings is 1. The Morgan fingerprint density at radius 2 is 1.89 bits per heavy atom. The first-order chi connectivity index (χ1) is 17.2. The predicted octanol–water partition coefficient (Wildman–Crippen LogP) is 3.87. The molecular formula is C26H32N8O2. The first-order valence-electron chi connectivity index (χ1n) is 12.0. The minimum atomic E-state index is -0.445. The second kappa shape index (κ2) is 10.3. The number of aromatic nitrogens is 6. The molecule has 10 heteroatoms. The van der Waals surface area contributed by atoms with E-state index in [1.165, 1.54) is 4.90 Å². The highest BCUT2D eigenvalue weighted by atomic mass is 16.5. The van der Waals surface area contributed by atoms with Crippen molar-refractivity contribution in [1.29, 1.82) is 0 Å². The van der Waals surface area contributed by atoms with E-state index in [2.05, 4.69) is 58.3 Å². The zero-order chi connectivity index (χ0) is 25.9. The van der Waals surface area contributed by atoms with Gasteiger partial charge in [-0.1, -0.05) is 49.2 Å². The highest BCUT2D eigenvalue weighted by molar-refractivity contribution is 5.75. The summed E-state index contributed by atoms with van der Waals surface area (Å²) in [5, 5.41) is 8.63. The summed E-state index contributed by atoms with van der Waals surface area (Å²) in [6.45, 7) is 6.38. The van der Waals surface area contributed by atoms with Gasteiger partial charge in [0, 0.05) is 32.1 Å². The number of nitrogen functional groups attached to an aromatic ring is 1. The normalized spacial score (nSPS) is 12.9. The lowest BCUT2D eigenvalue weighted by Crippen LogP contribution is -2.26. The molecule has 0 saturated heterocycles. The van der Waals surface area contributed by atoms with Gasteiger partial charge in [0.05, 0.1) is 22.9 Å². The van der Waals surface area contributed by atoms with E-state index in [0.717, 1.165) is 41.6 Å². The van der Waals surface area contributed by atoms with Gasteiger partial charge in [0.25, 0.3) is 5.89 Å². The molecule has 3 heterocycles. The summed E-state index contributed by atoms with van der Waals surface area (Å²) in [5.41, 5.74) is 9.82. The third-order valence-corrected chi connectivity index (χ3v) is 6.46. The minimum absolute atomic E-state index is 0.0489. The van der Waals surface area contributed by atoms with E-state index in [1.54, 1.807) is 37.4 Å². The summed E-state index contributed by atoms with van der Waals surface area (Å²) in [5.74, 6) is 1.21. The van der Waals surface area contributed by atoms with Gasteiger partial charge in [-0.2, -0.15) is 10.1 Å². The van der Waals surface area contributed by atoms with Crippen molar-refractivity contribution in [2.75, 3.05) is 19.8 Å². The Morgan fingerprint density at radius 3 is 2.56 bits per heavy atom. The fraction of sp³-hybridized carbons (Fsp3) is 0.385. The molecule has 0 unspecified atom stereocenters. The first kappa shape index (κ1) is 25.0. The van der Waals surface area contributed by atoms with Crippen LogP contribution in [0, 0.1) is 6.92 Å². The Balaban J connectivity index is 1.62. The Kier molecular flexibility index (Phi) is 7.14. The van der Waals surface area contributed by atoms with E-state index in [0.29, 0.717) is 17.3 Å². The number of likely N-dealkylation sites (N-methyl/N-ethyl adjacent to an activating group) is 1. The highest BCUT2D eigenvalue weighted by Crippen LogP contribution is 2.37. The van der Waals surface area contributed by atoms with Gasteiger partial charge in [-0.05, 0) is 31.4 Å². The van der Waals surface area contributed by atoms with Crippen LogP contribution in [0.4, 0.5) is 5.95 Å². The molecule has 1 amide bonds. The predicted molar refractivity (Wildman–Crippen MR) is 137 cm³/mol. The average Bonchev–Trinajstić information content (AvgIpc) is 3.53. The second-order valence-electron chi connectivity index (χ2n) is 9.38. The number of hydrogen-bond acceptors (Lipinski definition) is 8. The molecule has 3 aromatic heterocycles. The second-order valence-corrected chi connectivity index (χ2v) is 9.38. The number of rotatable bonds is 9. The zero-order valence-corrected chi connectivity index (χ0v) is 21.4. The molecule has 1 aromatic carbocycles. The number of carbonyl (C=O) groups is 1. The molecule has 2 N–H and O–H groups in total. The van der Waals surface area contributed by atoms with Crippen molar-refractivity contribution in [3.8, 4) is 22.6 Å². The van der Waals surface area contributed by atoms with Crippen LogP contribution in [-0.4, -0.2) is 54.8 Å². The smallest absolute Gasteiger partial charge is 0.261 e. The van der Waals surface area contributed by atoms with E-state index in [9.17, 15) is 4.79 Å². The number of anilines is 1. The van der Waals surface area contributed by atoms with Crippen LogP contribution in [0.25, 0.3) is 22.6 Å². The van der Waals surface area contributed by atoms with E-state index in [-0.39, 0.29) is 18.4 Å². The van der Waals surface area contributed by atoms with Crippen LogP contribution in [0.2, 0.25) is 0 Å². The van der Waals surface area contributed by atoms with Crippen LogP contribution in [-0.2, 0) is 16.8 Å². The maximum Gasteiger partial charge on any atom is 0.261 e. The van der Waals surface area contributed by atoms with Crippen molar-refractivity contribution < 1.29 is 9.32 Å². The number of nitrogens with zero attached hydrogens (tertiary/aromatic N) is 7. The number of aryl methyl sites for hydroxylation is 1. The fourth-order valence-corrected chi connectivity index (χ4v) is 4.11. The molecule has 0 aliphatic rings. The Labute approximate surface area is 210 Å². The van der Waals surface area contributed by atoms with Crippen molar-refractivity contribution >= 4 is 11.9 Å². The molecule has 188 valence electrons. The Hall–Kier alpha value is -4.08. The van der Waals surface area contributed by atoms with E-state index >= 15 is 0 Å². The molecule has 1 atom stereocenters. The molecule has 0 radical (unpaired) electrons. The van der Waals surface area contributed by atoms with E-state index in [4.69, 9.17) is 15.2 Å². The molecular weight excluding hydrogens is 456 g/mol. The number of carbonyl (C=O) groups excluding carboxylic acids is 1. The largest absolute Gasteiger partial charge is 0.368 e. The Bertz CT molecular complexity index is 1340. The summed E-state index contributed by atoms with van der Waals surface area (Å²) in [4.78, 5) is 26.7. The van der Waals surface area contributed by atoms with Crippen molar-refractivity contribution in [2.45, 2.75) is 52.0 Å². The number of amides is 1. The molecule has 10 nitrogen and oxygen atoms in total. The molecule has 4 aromatic rings. The van der Waals surface area contributed by atoms with Gasteiger partial charge >= 0.3 is 0 Å². The summed E-state index contributed by atoms with van der Waals surface area (Å²) in [7, 11) is 3.43. The lowest BCUT2D eigenvalue weighted by Gasteiger charge is -2.27. The minimum Gasteiger partial charge on any atom is -0.368 e. The van der Waals surface area contributed by atoms with Gasteiger partial charge < -0.3 is 15.2 Å². The topological polar surface area (TPSA) is 129 Å². The van der Waals surface area contributed by atoms with Crippen LogP contribution in [0.15, 0.2) is 47.4 Å². The van der Waals surface area contributed by atoms with Crippen molar-refractivity contribution in [2.24, 2.45) is 0 Å². The van der Waals surface area contributed by atoms with Crippen LogP contribution in [0.5, 0.6) is 0 Å². The lowest BCUT2D eigenvalue weighted by molar-refractivity contribution is -0.129. The quantitative estimate of drug-likeness (QED) is 0.376. The maximum atomic E-state index is 12.0. The molecule has 36 heavy (non-hydrogen) atoms. The molecule has 0 fully saturated rings. The molecule has 0 bridgehead atoms. The number of hydrogen-bond donors (Lipinski definition) is 1. The van der Waals surface area contributed by atoms with Crippen LogP contribution >= 0.6 is 0 Å². The van der Waals surface area contributed by atoms with Gasteiger partial charge in [-0.25, -0.2) is 9.97 Å². The first-order valence-corrected chi connectivity index (χ1v) is 12.0. The van der Waals surface area contributed by atoms with E-state index < -0.39 is 5.41 Å².